The summed E-state index contributed by atoms with van der Waals surface area (Å²) in [4.78, 5) is 38.3. The average molecular weight is 720 g/mol. The zero-order valence-corrected chi connectivity index (χ0v) is 30.7. The zero-order valence-electron chi connectivity index (χ0n) is 30.7. The van der Waals surface area contributed by atoms with Crippen LogP contribution in [0.5, 0.6) is 0 Å². The highest BCUT2D eigenvalue weighted by atomic mass is 16.5. The fraction of sp³-hybridized carbons (Fsp3) is 0.368. The second-order valence-corrected chi connectivity index (χ2v) is 13.3. The Kier molecular flexibility index (Phi) is 10.2. The largest absolute Gasteiger partial charge is 0.387 e. The molecule has 1 aliphatic rings. The first-order valence-corrected chi connectivity index (χ1v) is 17.8. The van der Waals surface area contributed by atoms with Crippen LogP contribution in [0, 0.1) is 13.8 Å². The van der Waals surface area contributed by atoms with Crippen LogP contribution >= 0.6 is 0 Å². The average Bonchev–Trinajstić information content (AvgIpc) is 3.91. The van der Waals surface area contributed by atoms with Crippen molar-refractivity contribution in [1.29, 1.82) is 0 Å². The van der Waals surface area contributed by atoms with Crippen LogP contribution in [0.3, 0.4) is 0 Å². The molecular weight excluding hydrogens is 674 g/mol. The highest BCUT2D eigenvalue weighted by Gasteiger charge is 2.22. The molecule has 15 heteroatoms. The van der Waals surface area contributed by atoms with E-state index in [1.165, 1.54) is 0 Å². The van der Waals surface area contributed by atoms with E-state index in [0.717, 1.165) is 46.4 Å². The first-order valence-electron chi connectivity index (χ1n) is 17.8. The summed E-state index contributed by atoms with van der Waals surface area (Å²) >= 11 is 0. The van der Waals surface area contributed by atoms with Gasteiger partial charge in [0, 0.05) is 58.9 Å². The van der Waals surface area contributed by atoms with Crippen molar-refractivity contribution < 1.29 is 19.4 Å². The number of nitrogens with one attached hydrogen (secondary N) is 1. The number of benzene rings is 2. The number of allylic oxidation sites excluding steroid dienone is 2. The number of aromatic nitrogens is 8. The molecule has 15 nitrogen and oxygen atoms in total. The molecule has 0 bridgehead atoms. The number of ether oxygens (including phenoxy) is 1. The molecule has 0 saturated carbocycles. The van der Waals surface area contributed by atoms with E-state index in [-0.39, 0.29) is 0 Å². The lowest BCUT2D eigenvalue weighted by Gasteiger charge is -2.28. The molecule has 2 aromatic carbocycles. The number of hydrogen-bond acceptors (Lipinski definition) is 7. The predicted octanol–water partition coefficient (Wildman–Crippen LogP) is 2.93. The zero-order chi connectivity index (χ0) is 37.2. The van der Waals surface area contributed by atoms with Crippen LogP contribution in [0.1, 0.15) is 51.0 Å². The number of aliphatic hydroxyl groups excluding tert-OH is 1. The third-order valence-electron chi connectivity index (χ3n) is 9.69. The number of nitrogens with zero attached hydrogens (tertiary/aromatic N) is 10. The lowest BCUT2D eigenvalue weighted by Crippen LogP contribution is -2.38. The van der Waals surface area contributed by atoms with Gasteiger partial charge in [0.05, 0.1) is 52.8 Å². The Balaban J connectivity index is 1.29. The third kappa shape index (κ3) is 7.10. The molecule has 2 N–H and O–H groups in total. The van der Waals surface area contributed by atoms with Gasteiger partial charge in [-0.25, -0.2) is 0 Å². The van der Waals surface area contributed by atoms with Crippen LogP contribution in [-0.4, -0.2) is 92.9 Å². The Morgan fingerprint density at radius 3 is 2.26 bits per heavy atom. The van der Waals surface area contributed by atoms with Crippen molar-refractivity contribution in [3.05, 3.63) is 106 Å². The first kappa shape index (κ1) is 35.7. The molecule has 0 spiro atoms. The number of aliphatic hydroxyl groups is 1. The number of hydrogen-bond donors (Lipinski definition) is 2. The number of morpholine rings is 1. The Morgan fingerprint density at radius 1 is 0.887 bits per heavy atom. The summed E-state index contributed by atoms with van der Waals surface area (Å²) in [6, 6.07) is 17.2. The molecule has 1 fully saturated rings. The van der Waals surface area contributed by atoms with Crippen molar-refractivity contribution in [2.45, 2.75) is 46.5 Å². The van der Waals surface area contributed by atoms with Crippen molar-refractivity contribution in [2.75, 3.05) is 32.8 Å². The number of β-amino-alcohol motifs (C(OH)–C–C–N with tert-alkyl or cyclic N) is 1. The number of carbonyl (C=O) groups excluding carboxylic acids is 2. The summed E-state index contributed by atoms with van der Waals surface area (Å²) < 4.78 is 14.9. The SMILES string of the molecule is CCn1nc(C)cc1C(=O)/N=c1\n(C)c2cccc(C(O)CN3CCOCC3)c2n1C/C=C/Cn1/c(=N/C(=O)c2cc(C)n[nH]2)n(C)c2ccccc21. The van der Waals surface area contributed by atoms with E-state index in [2.05, 4.69) is 30.2 Å². The molecule has 1 saturated heterocycles. The van der Waals surface area contributed by atoms with Crippen molar-refractivity contribution in [3.8, 4) is 0 Å². The number of carbonyl (C=O) groups is 2. The highest BCUT2D eigenvalue weighted by molar-refractivity contribution is 5.94. The summed E-state index contributed by atoms with van der Waals surface area (Å²) in [6.45, 7) is 10.1. The van der Waals surface area contributed by atoms with Crippen molar-refractivity contribution in [1.82, 2.24) is 43.1 Å². The van der Waals surface area contributed by atoms with Gasteiger partial charge < -0.3 is 28.1 Å². The molecule has 1 atom stereocenters. The van der Waals surface area contributed by atoms with Crippen molar-refractivity contribution in [3.63, 3.8) is 0 Å². The van der Waals surface area contributed by atoms with Crippen LogP contribution in [0.25, 0.3) is 22.1 Å². The van der Waals surface area contributed by atoms with Crippen LogP contribution in [0.4, 0.5) is 0 Å². The summed E-state index contributed by atoms with van der Waals surface area (Å²) in [7, 11) is 3.77. The number of fused-ring (bicyclic) bond motifs is 2. The summed E-state index contributed by atoms with van der Waals surface area (Å²) in [6.07, 6.45) is 3.23. The minimum absolute atomic E-state index is 0.316. The van der Waals surface area contributed by atoms with Crippen LogP contribution in [0.2, 0.25) is 0 Å². The number of para-hydroxylation sites is 3. The molecule has 0 radical (unpaired) electrons. The maximum Gasteiger partial charge on any atom is 0.298 e. The molecule has 7 rings (SSSR count). The molecule has 1 unspecified atom stereocenters. The smallest absolute Gasteiger partial charge is 0.298 e. The van der Waals surface area contributed by atoms with E-state index in [9.17, 15) is 14.7 Å². The Labute approximate surface area is 305 Å². The maximum atomic E-state index is 13.8. The molecule has 276 valence electrons. The number of rotatable bonds is 10. The third-order valence-corrected chi connectivity index (χ3v) is 9.69. The van der Waals surface area contributed by atoms with Gasteiger partial charge in [0.15, 0.2) is 0 Å². The quantitative estimate of drug-likeness (QED) is 0.206. The molecule has 6 aromatic rings. The molecule has 4 aromatic heterocycles. The number of imidazole rings is 2. The van der Waals surface area contributed by atoms with Crippen LogP contribution < -0.4 is 11.2 Å². The fourth-order valence-electron chi connectivity index (χ4n) is 7.04. The van der Waals surface area contributed by atoms with Gasteiger partial charge in [0.25, 0.3) is 11.8 Å². The lowest BCUT2D eigenvalue weighted by atomic mass is 10.1. The number of aryl methyl sites for hydroxylation is 5. The molecule has 2 amide bonds. The van der Waals surface area contributed by atoms with Gasteiger partial charge in [-0.05, 0) is 51.1 Å². The molecule has 0 aliphatic carbocycles. The summed E-state index contributed by atoms with van der Waals surface area (Å²) in [5, 5.41) is 23.0. The lowest BCUT2D eigenvalue weighted by molar-refractivity contribution is 0.0145. The second kappa shape index (κ2) is 15.1. The predicted molar refractivity (Wildman–Crippen MR) is 199 cm³/mol. The van der Waals surface area contributed by atoms with Crippen LogP contribution in [-0.2, 0) is 38.5 Å². The maximum absolute atomic E-state index is 13.8. The Hall–Kier alpha value is -5.64. The monoisotopic (exact) mass is 719 g/mol. The van der Waals surface area contributed by atoms with Gasteiger partial charge in [0.1, 0.15) is 11.4 Å². The van der Waals surface area contributed by atoms with Crippen molar-refractivity contribution >= 4 is 33.9 Å². The van der Waals surface area contributed by atoms with Crippen LogP contribution in [0.15, 0.2) is 76.7 Å². The Morgan fingerprint density at radius 2 is 1.55 bits per heavy atom. The van der Waals surface area contributed by atoms with E-state index in [1.807, 2.05) is 108 Å². The van der Waals surface area contributed by atoms with Gasteiger partial charge in [-0.15, -0.1) is 0 Å². The van der Waals surface area contributed by atoms with Crippen molar-refractivity contribution in [2.24, 2.45) is 24.1 Å². The summed E-state index contributed by atoms with van der Waals surface area (Å²) in [5.41, 5.74) is 7.33. The second-order valence-electron chi connectivity index (χ2n) is 13.3. The molecule has 53 heavy (non-hydrogen) atoms. The van der Waals surface area contributed by atoms with Gasteiger partial charge in [-0.1, -0.05) is 36.4 Å². The van der Waals surface area contributed by atoms with E-state index in [4.69, 9.17) is 4.74 Å². The molecule has 5 heterocycles. The topological polar surface area (TPSA) is 158 Å². The standard InChI is InChI=1S/C38H45N11O4/c1-6-49-32(23-26(3)43-49)36(52)40-38-45(5)31-15-11-12-27(33(50)24-46-18-20-53-21-19-46)34(31)48(38)17-10-9-16-47-30-14-8-7-13-29(30)44(4)37(47)39-35(51)28-22-25(2)41-42-28/h7-15,22-23,33,50H,6,16-21,24H2,1-5H3,(H,41,42)/b10-9+,39-37+,40-38+. The first-order chi connectivity index (χ1) is 25.6. The normalized spacial score (nSPS) is 15.4. The minimum atomic E-state index is -0.784. The summed E-state index contributed by atoms with van der Waals surface area (Å²) in [5.74, 6) is -0.819. The highest BCUT2D eigenvalue weighted by Crippen LogP contribution is 2.25. The number of aromatic amines is 1. The van der Waals surface area contributed by atoms with E-state index < -0.39 is 17.9 Å². The number of amides is 2. The molecular formula is C38H45N11O4. The Bertz CT molecular complexity index is 2480. The van der Waals surface area contributed by atoms with Gasteiger partial charge in [-0.3, -0.25) is 24.3 Å². The minimum Gasteiger partial charge on any atom is -0.387 e. The van der Waals surface area contributed by atoms with E-state index in [1.54, 1.807) is 16.8 Å². The molecule has 1 aliphatic heterocycles. The fourth-order valence-corrected chi connectivity index (χ4v) is 7.04. The van der Waals surface area contributed by atoms with Gasteiger partial charge >= 0.3 is 0 Å². The van der Waals surface area contributed by atoms with Gasteiger partial charge in [-0.2, -0.15) is 20.2 Å². The van der Waals surface area contributed by atoms with E-state index >= 15 is 0 Å². The number of H-pyrrole nitrogens is 1. The van der Waals surface area contributed by atoms with Gasteiger partial charge in [0.2, 0.25) is 11.2 Å². The van der Waals surface area contributed by atoms with E-state index in [0.29, 0.717) is 67.7 Å².